The zero-order valence-corrected chi connectivity index (χ0v) is 13.5. The van der Waals surface area contributed by atoms with Crippen molar-refractivity contribution < 1.29 is 0 Å². The molecule has 2 fully saturated rings. The molecule has 1 aromatic rings. The molecular weight excluding hydrogens is 260 g/mol. The first kappa shape index (κ1) is 14.8. The van der Waals surface area contributed by atoms with Crippen LogP contribution in [-0.4, -0.2) is 47.6 Å². The van der Waals surface area contributed by atoms with Gasteiger partial charge in [-0.3, -0.25) is 4.98 Å². The van der Waals surface area contributed by atoms with Crippen molar-refractivity contribution in [3.05, 3.63) is 18.1 Å². The number of anilines is 1. The second kappa shape index (κ2) is 6.73. The van der Waals surface area contributed by atoms with Crippen LogP contribution in [0, 0.1) is 18.8 Å². The summed E-state index contributed by atoms with van der Waals surface area (Å²) in [5, 5.41) is 0. The van der Waals surface area contributed by atoms with E-state index in [1.165, 1.54) is 45.3 Å². The summed E-state index contributed by atoms with van der Waals surface area (Å²) in [6.45, 7) is 10.5. The molecule has 4 nitrogen and oxygen atoms in total. The summed E-state index contributed by atoms with van der Waals surface area (Å²) >= 11 is 0. The van der Waals surface area contributed by atoms with Crippen LogP contribution < -0.4 is 4.90 Å². The Hall–Kier alpha value is -1.16. The van der Waals surface area contributed by atoms with Crippen molar-refractivity contribution in [2.45, 2.75) is 39.5 Å². The van der Waals surface area contributed by atoms with Crippen LogP contribution in [0.25, 0.3) is 0 Å². The first-order valence-electron chi connectivity index (χ1n) is 8.46. The SMILES string of the molecule is Cc1cncc(N2CCCC(CN3CCC(C)CC3)C2)n1. The van der Waals surface area contributed by atoms with Crippen LogP contribution in [-0.2, 0) is 0 Å². The average molecular weight is 288 g/mol. The molecule has 1 atom stereocenters. The van der Waals surface area contributed by atoms with Crippen molar-refractivity contribution in [1.82, 2.24) is 14.9 Å². The molecule has 4 heteroatoms. The van der Waals surface area contributed by atoms with Gasteiger partial charge in [-0.15, -0.1) is 0 Å². The third-order valence-corrected chi connectivity index (χ3v) is 4.98. The van der Waals surface area contributed by atoms with E-state index < -0.39 is 0 Å². The van der Waals surface area contributed by atoms with E-state index in [1.54, 1.807) is 0 Å². The van der Waals surface area contributed by atoms with Crippen molar-refractivity contribution in [2.75, 3.05) is 37.6 Å². The van der Waals surface area contributed by atoms with E-state index in [1.807, 2.05) is 19.3 Å². The van der Waals surface area contributed by atoms with Gasteiger partial charge in [0.15, 0.2) is 0 Å². The smallest absolute Gasteiger partial charge is 0.147 e. The maximum atomic E-state index is 4.64. The highest BCUT2D eigenvalue weighted by Crippen LogP contribution is 2.24. The Labute approximate surface area is 128 Å². The van der Waals surface area contributed by atoms with Gasteiger partial charge in [-0.05, 0) is 57.5 Å². The third kappa shape index (κ3) is 3.94. The van der Waals surface area contributed by atoms with E-state index >= 15 is 0 Å². The van der Waals surface area contributed by atoms with Gasteiger partial charge < -0.3 is 9.80 Å². The standard InChI is InChI=1S/C17H28N4/c1-14-5-8-20(9-6-14)12-16-4-3-7-21(13-16)17-11-18-10-15(2)19-17/h10-11,14,16H,3-9,12-13H2,1-2H3. The topological polar surface area (TPSA) is 32.3 Å². The summed E-state index contributed by atoms with van der Waals surface area (Å²) in [4.78, 5) is 14.0. The zero-order valence-electron chi connectivity index (χ0n) is 13.5. The summed E-state index contributed by atoms with van der Waals surface area (Å²) in [6.07, 6.45) is 9.14. The fourth-order valence-corrected chi connectivity index (χ4v) is 3.63. The number of aromatic nitrogens is 2. The van der Waals surface area contributed by atoms with E-state index in [0.29, 0.717) is 0 Å². The summed E-state index contributed by atoms with van der Waals surface area (Å²) in [5.41, 5.74) is 1.01. The lowest BCUT2D eigenvalue weighted by atomic mass is 9.94. The molecule has 0 saturated carbocycles. The van der Waals surface area contributed by atoms with Crippen LogP contribution in [0.3, 0.4) is 0 Å². The van der Waals surface area contributed by atoms with Gasteiger partial charge in [-0.25, -0.2) is 4.98 Å². The molecule has 1 unspecified atom stereocenters. The van der Waals surface area contributed by atoms with Gasteiger partial charge in [0.25, 0.3) is 0 Å². The van der Waals surface area contributed by atoms with E-state index in [9.17, 15) is 0 Å². The lowest BCUT2D eigenvalue weighted by molar-refractivity contribution is 0.159. The summed E-state index contributed by atoms with van der Waals surface area (Å²) in [7, 11) is 0. The largest absolute Gasteiger partial charge is 0.355 e. The number of rotatable bonds is 3. The fourth-order valence-electron chi connectivity index (χ4n) is 3.63. The van der Waals surface area contributed by atoms with Crippen LogP contribution in [0.2, 0.25) is 0 Å². The predicted molar refractivity (Wildman–Crippen MR) is 86.5 cm³/mol. The maximum absolute atomic E-state index is 4.64. The molecule has 3 heterocycles. The van der Waals surface area contributed by atoms with Crippen molar-refractivity contribution >= 4 is 5.82 Å². The average Bonchev–Trinajstić information content (AvgIpc) is 2.50. The first-order valence-corrected chi connectivity index (χ1v) is 8.46. The molecule has 21 heavy (non-hydrogen) atoms. The number of nitrogens with zero attached hydrogens (tertiary/aromatic N) is 4. The van der Waals surface area contributed by atoms with E-state index in [4.69, 9.17) is 0 Å². The van der Waals surface area contributed by atoms with Crippen molar-refractivity contribution in [1.29, 1.82) is 0 Å². The van der Waals surface area contributed by atoms with Crippen LogP contribution in [0.1, 0.15) is 38.3 Å². The molecule has 0 radical (unpaired) electrons. The predicted octanol–water partition coefficient (Wildman–Crippen LogP) is 2.73. The Morgan fingerprint density at radius 3 is 2.71 bits per heavy atom. The minimum absolute atomic E-state index is 0.787. The van der Waals surface area contributed by atoms with Gasteiger partial charge in [0.05, 0.1) is 11.9 Å². The Morgan fingerprint density at radius 1 is 1.14 bits per heavy atom. The number of piperidine rings is 2. The fraction of sp³-hybridized carbons (Fsp3) is 0.765. The van der Waals surface area contributed by atoms with Gasteiger partial charge in [-0.2, -0.15) is 0 Å². The van der Waals surface area contributed by atoms with E-state index in [2.05, 4.69) is 26.7 Å². The van der Waals surface area contributed by atoms with Crippen LogP contribution in [0.4, 0.5) is 5.82 Å². The lowest BCUT2D eigenvalue weighted by Crippen LogP contribution is -2.43. The maximum Gasteiger partial charge on any atom is 0.147 e. The Morgan fingerprint density at radius 2 is 1.95 bits per heavy atom. The van der Waals surface area contributed by atoms with Crippen LogP contribution in [0.15, 0.2) is 12.4 Å². The molecular formula is C17H28N4. The van der Waals surface area contributed by atoms with Crippen LogP contribution >= 0.6 is 0 Å². The minimum Gasteiger partial charge on any atom is -0.355 e. The number of likely N-dealkylation sites (tertiary alicyclic amines) is 1. The molecule has 0 bridgehead atoms. The number of hydrogen-bond acceptors (Lipinski definition) is 4. The Kier molecular flexibility index (Phi) is 4.73. The molecule has 2 aliphatic rings. The van der Waals surface area contributed by atoms with Crippen molar-refractivity contribution in [3.63, 3.8) is 0 Å². The lowest BCUT2D eigenvalue weighted by Gasteiger charge is -2.38. The number of aryl methyl sites for hydroxylation is 1. The van der Waals surface area contributed by atoms with Gasteiger partial charge in [0, 0.05) is 25.8 Å². The minimum atomic E-state index is 0.787. The van der Waals surface area contributed by atoms with E-state index in [0.717, 1.165) is 36.4 Å². The third-order valence-electron chi connectivity index (χ3n) is 4.98. The van der Waals surface area contributed by atoms with E-state index in [-0.39, 0.29) is 0 Å². The highest BCUT2D eigenvalue weighted by atomic mass is 15.2. The highest BCUT2D eigenvalue weighted by molar-refractivity contribution is 5.36. The quantitative estimate of drug-likeness (QED) is 0.856. The first-order chi connectivity index (χ1) is 10.2. The number of hydrogen-bond donors (Lipinski definition) is 0. The highest BCUT2D eigenvalue weighted by Gasteiger charge is 2.24. The molecule has 2 aliphatic heterocycles. The zero-order chi connectivity index (χ0) is 14.7. The summed E-state index contributed by atoms with van der Waals surface area (Å²) < 4.78 is 0. The van der Waals surface area contributed by atoms with Crippen LogP contribution in [0.5, 0.6) is 0 Å². The van der Waals surface area contributed by atoms with Gasteiger partial charge in [0.2, 0.25) is 0 Å². The summed E-state index contributed by atoms with van der Waals surface area (Å²) in [5.74, 6) is 2.77. The molecule has 0 aliphatic carbocycles. The van der Waals surface area contributed by atoms with Gasteiger partial charge >= 0.3 is 0 Å². The van der Waals surface area contributed by atoms with Gasteiger partial charge in [0.1, 0.15) is 5.82 Å². The molecule has 0 amide bonds. The molecule has 3 rings (SSSR count). The second-order valence-corrected chi connectivity index (χ2v) is 6.96. The Balaban J connectivity index is 1.56. The molecule has 0 aromatic carbocycles. The molecule has 0 spiro atoms. The molecule has 1 aromatic heterocycles. The van der Waals surface area contributed by atoms with Gasteiger partial charge in [-0.1, -0.05) is 6.92 Å². The summed E-state index contributed by atoms with van der Waals surface area (Å²) in [6, 6.07) is 0. The molecule has 2 saturated heterocycles. The molecule has 116 valence electrons. The monoisotopic (exact) mass is 288 g/mol. The van der Waals surface area contributed by atoms with Crippen molar-refractivity contribution in [3.8, 4) is 0 Å². The Bertz CT molecular complexity index is 454. The molecule has 0 N–H and O–H groups in total. The van der Waals surface area contributed by atoms with Crippen molar-refractivity contribution in [2.24, 2.45) is 11.8 Å². The normalized spacial score (nSPS) is 25.2. The second-order valence-electron chi connectivity index (χ2n) is 6.96.